The van der Waals surface area contributed by atoms with Gasteiger partial charge in [0.1, 0.15) is 0 Å². The van der Waals surface area contributed by atoms with Crippen molar-refractivity contribution in [3.8, 4) is 0 Å². The van der Waals surface area contributed by atoms with Crippen molar-refractivity contribution in [3.63, 3.8) is 0 Å². The molecule has 0 aromatic heterocycles. The predicted octanol–water partition coefficient (Wildman–Crippen LogP) is 6.11. The Morgan fingerprint density at radius 1 is 0.656 bits per heavy atom. The first-order valence-corrected chi connectivity index (χ1v) is 9.90. The second kappa shape index (κ2) is 9.22. The van der Waals surface area contributed by atoms with Gasteiger partial charge in [-0.15, -0.1) is 0 Å². The first-order chi connectivity index (χ1) is 14.9. The standard InChI is InChI=1S/C22H20F6N2O2/c23-21(24,25)15-3-1-5-17(11-15)29-19(31)13-7-9-14(10-8-13)20(32)30-18-6-2-4-16(12-18)22(26,27)28/h1-6,11-14H,7-10H2,(H,29,31)(H,30,32). The van der Waals surface area contributed by atoms with Gasteiger partial charge in [0.05, 0.1) is 11.1 Å². The highest BCUT2D eigenvalue weighted by atomic mass is 19.4. The molecule has 1 aliphatic rings. The van der Waals surface area contributed by atoms with Crippen LogP contribution in [0.25, 0.3) is 0 Å². The monoisotopic (exact) mass is 458 g/mol. The minimum absolute atomic E-state index is 0.0363. The fraction of sp³-hybridized carbons (Fsp3) is 0.364. The van der Waals surface area contributed by atoms with Crippen molar-refractivity contribution in [2.45, 2.75) is 38.0 Å². The SMILES string of the molecule is O=C(Nc1cccc(C(F)(F)F)c1)C1CCC(C(=O)Nc2cccc(C(F)(F)F)c2)CC1. The Kier molecular flexibility index (Phi) is 6.80. The van der Waals surface area contributed by atoms with Gasteiger partial charge in [-0.1, -0.05) is 12.1 Å². The maximum atomic E-state index is 12.8. The van der Waals surface area contributed by atoms with E-state index in [2.05, 4.69) is 10.6 Å². The third-order valence-electron chi connectivity index (χ3n) is 5.38. The number of alkyl halides is 6. The summed E-state index contributed by atoms with van der Waals surface area (Å²) in [4.78, 5) is 24.9. The molecule has 2 aromatic carbocycles. The molecule has 32 heavy (non-hydrogen) atoms. The summed E-state index contributed by atoms with van der Waals surface area (Å²) in [5, 5.41) is 4.96. The summed E-state index contributed by atoms with van der Waals surface area (Å²) in [6, 6.07) is 8.65. The van der Waals surface area contributed by atoms with Gasteiger partial charge in [-0.2, -0.15) is 26.3 Å². The molecular formula is C22H20F6N2O2. The van der Waals surface area contributed by atoms with Crippen LogP contribution in [0.2, 0.25) is 0 Å². The van der Waals surface area contributed by atoms with Gasteiger partial charge in [-0.3, -0.25) is 9.59 Å². The number of anilines is 2. The zero-order valence-corrected chi connectivity index (χ0v) is 16.7. The number of halogens is 6. The van der Waals surface area contributed by atoms with Crippen LogP contribution in [0.5, 0.6) is 0 Å². The van der Waals surface area contributed by atoms with E-state index in [4.69, 9.17) is 0 Å². The molecule has 0 heterocycles. The normalized spacial score (nSPS) is 19.3. The van der Waals surface area contributed by atoms with Gasteiger partial charge in [0.25, 0.3) is 0 Å². The lowest BCUT2D eigenvalue weighted by molar-refractivity contribution is -0.138. The molecule has 4 nitrogen and oxygen atoms in total. The molecular weight excluding hydrogens is 438 g/mol. The smallest absolute Gasteiger partial charge is 0.326 e. The van der Waals surface area contributed by atoms with Crippen LogP contribution >= 0.6 is 0 Å². The molecule has 172 valence electrons. The van der Waals surface area contributed by atoms with Crippen molar-refractivity contribution in [2.24, 2.45) is 11.8 Å². The van der Waals surface area contributed by atoms with E-state index in [9.17, 15) is 35.9 Å². The third kappa shape index (κ3) is 6.02. The lowest BCUT2D eigenvalue weighted by Crippen LogP contribution is -2.32. The van der Waals surface area contributed by atoms with Gasteiger partial charge >= 0.3 is 12.4 Å². The molecule has 2 amide bonds. The molecule has 1 aliphatic carbocycles. The second-order valence-electron chi connectivity index (χ2n) is 7.68. The Hall–Kier alpha value is -3.04. The first kappa shape index (κ1) is 23.6. The summed E-state index contributed by atoms with van der Waals surface area (Å²) in [6.45, 7) is 0. The van der Waals surface area contributed by atoms with Crippen LogP contribution in [0.4, 0.5) is 37.7 Å². The number of carbonyl (C=O) groups is 2. The minimum Gasteiger partial charge on any atom is -0.326 e. The van der Waals surface area contributed by atoms with E-state index in [0.29, 0.717) is 25.7 Å². The summed E-state index contributed by atoms with van der Waals surface area (Å²) in [6.07, 6.45) is -7.69. The zero-order chi connectivity index (χ0) is 23.5. The van der Waals surface area contributed by atoms with Crippen molar-refractivity contribution in [1.82, 2.24) is 0 Å². The Bertz CT molecular complexity index is 899. The molecule has 0 bridgehead atoms. The number of carbonyl (C=O) groups excluding carboxylic acids is 2. The fourth-order valence-corrected chi connectivity index (χ4v) is 3.65. The highest BCUT2D eigenvalue weighted by Crippen LogP contribution is 2.34. The lowest BCUT2D eigenvalue weighted by Gasteiger charge is -2.27. The number of hydrogen-bond donors (Lipinski definition) is 2. The molecule has 0 spiro atoms. The van der Waals surface area contributed by atoms with E-state index in [1.807, 2.05) is 0 Å². The maximum absolute atomic E-state index is 12.8. The number of benzene rings is 2. The highest BCUT2D eigenvalue weighted by Gasteiger charge is 2.33. The van der Waals surface area contributed by atoms with Gasteiger partial charge < -0.3 is 10.6 Å². The Labute approximate surface area is 180 Å². The predicted molar refractivity (Wildman–Crippen MR) is 106 cm³/mol. The molecule has 0 radical (unpaired) electrons. The molecule has 2 aromatic rings. The average Bonchev–Trinajstić information content (AvgIpc) is 2.73. The first-order valence-electron chi connectivity index (χ1n) is 9.90. The van der Waals surface area contributed by atoms with Crippen molar-refractivity contribution >= 4 is 23.2 Å². The third-order valence-corrected chi connectivity index (χ3v) is 5.38. The summed E-state index contributed by atoms with van der Waals surface area (Å²) >= 11 is 0. The van der Waals surface area contributed by atoms with Gasteiger partial charge in [0.15, 0.2) is 0 Å². The molecule has 10 heteroatoms. The van der Waals surface area contributed by atoms with Crippen LogP contribution in [0.15, 0.2) is 48.5 Å². The molecule has 0 atom stereocenters. The average molecular weight is 458 g/mol. The van der Waals surface area contributed by atoms with Crippen LogP contribution in [0, 0.1) is 11.8 Å². The minimum atomic E-state index is -4.52. The summed E-state index contributed by atoms with van der Waals surface area (Å²) in [5.74, 6) is -1.80. The molecule has 2 N–H and O–H groups in total. The number of hydrogen-bond acceptors (Lipinski definition) is 2. The van der Waals surface area contributed by atoms with Crippen LogP contribution in [-0.2, 0) is 21.9 Å². The fourth-order valence-electron chi connectivity index (χ4n) is 3.65. The summed E-state index contributed by atoms with van der Waals surface area (Å²) < 4.78 is 76.9. The Balaban J connectivity index is 1.54. The quantitative estimate of drug-likeness (QED) is 0.544. The largest absolute Gasteiger partial charge is 0.416 e. The Morgan fingerprint density at radius 2 is 1.00 bits per heavy atom. The lowest BCUT2D eigenvalue weighted by atomic mass is 9.81. The van der Waals surface area contributed by atoms with Crippen molar-refractivity contribution in [2.75, 3.05) is 10.6 Å². The van der Waals surface area contributed by atoms with E-state index in [0.717, 1.165) is 24.3 Å². The maximum Gasteiger partial charge on any atom is 0.416 e. The van der Waals surface area contributed by atoms with E-state index in [1.54, 1.807) is 0 Å². The van der Waals surface area contributed by atoms with Crippen LogP contribution in [-0.4, -0.2) is 11.8 Å². The van der Waals surface area contributed by atoms with Crippen LogP contribution < -0.4 is 10.6 Å². The van der Waals surface area contributed by atoms with E-state index in [-0.39, 0.29) is 11.4 Å². The molecule has 1 fully saturated rings. The topological polar surface area (TPSA) is 58.2 Å². The van der Waals surface area contributed by atoms with Crippen LogP contribution in [0.3, 0.4) is 0 Å². The second-order valence-corrected chi connectivity index (χ2v) is 7.68. The molecule has 0 aliphatic heterocycles. The van der Waals surface area contributed by atoms with Gasteiger partial charge in [-0.05, 0) is 62.1 Å². The van der Waals surface area contributed by atoms with Crippen LogP contribution in [0.1, 0.15) is 36.8 Å². The van der Waals surface area contributed by atoms with Gasteiger partial charge in [-0.25, -0.2) is 0 Å². The van der Waals surface area contributed by atoms with Gasteiger partial charge in [0, 0.05) is 23.2 Å². The molecule has 0 unspecified atom stereocenters. The highest BCUT2D eigenvalue weighted by molar-refractivity contribution is 5.94. The molecule has 3 rings (SSSR count). The van der Waals surface area contributed by atoms with Crippen molar-refractivity contribution < 1.29 is 35.9 Å². The van der Waals surface area contributed by atoms with Gasteiger partial charge in [0.2, 0.25) is 11.8 Å². The van der Waals surface area contributed by atoms with E-state index >= 15 is 0 Å². The van der Waals surface area contributed by atoms with E-state index in [1.165, 1.54) is 24.3 Å². The van der Waals surface area contributed by atoms with Crippen molar-refractivity contribution in [3.05, 3.63) is 59.7 Å². The number of nitrogens with one attached hydrogen (secondary N) is 2. The Morgan fingerprint density at radius 3 is 1.31 bits per heavy atom. The molecule has 1 saturated carbocycles. The summed E-state index contributed by atoms with van der Waals surface area (Å²) in [5.41, 5.74) is -1.67. The summed E-state index contributed by atoms with van der Waals surface area (Å²) in [7, 11) is 0. The van der Waals surface area contributed by atoms with E-state index < -0.39 is 47.1 Å². The number of amides is 2. The zero-order valence-electron chi connectivity index (χ0n) is 16.7. The van der Waals surface area contributed by atoms with Crippen molar-refractivity contribution in [1.29, 1.82) is 0 Å². The molecule has 0 saturated heterocycles. The number of rotatable bonds is 4.